The highest BCUT2D eigenvalue weighted by atomic mass is 35.5. The van der Waals surface area contributed by atoms with Gasteiger partial charge in [-0.15, -0.1) is 23.2 Å². The zero-order valence-corrected chi connectivity index (χ0v) is 21.9. The molecule has 0 saturated heterocycles. The molecule has 0 radical (unpaired) electrons. The number of rotatable bonds is 10. The molecule has 3 aromatic rings. The quantitative estimate of drug-likeness (QED) is 0.266. The first kappa shape index (κ1) is 25.5. The maximum atomic E-state index is 6.93. The Hall–Kier alpha value is -2.16. The SMILES string of the molecule is CCC(Cl)(CC)c1ccc(N(c2ccccc2)c2ccc(C(Cl)(CC)CC)cc2OC)cc1. The van der Waals surface area contributed by atoms with Crippen molar-refractivity contribution < 1.29 is 4.74 Å². The third kappa shape index (κ3) is 5.18. The van der Waals surface area contributed by atoms with Crippen LogP contribution >= 0.6 is 23.2 Å². The van der Waals surface area contributed by atoms with E-state index in [1.54, 1.807) is 7.11 Å². The Labute approximate surface area is 209 Å². The average molecular weight is 485 g/mol. The van der Waals surface area contributed by atoms with E-state index < -0.39 is 4.87 Å². The highest BCUT2D eigenvalue weighted by Gasteiger charge is 2.28. The van der Waals surface area contributed by atoms with Gasteiger partial charge in [0.05, 0.1) is 22.5 Å². The number of benzene rings is 3. The second-order valence-corrected chi connectivity index (χ2v) is 9.90. The maximum absolute atomic E-state index is 6.93. The number of ether oxygens (including phenoxy) is 1. The molecule has 0 N–H and O–H groups in total. The van der Waals surface area contributed by atoms with Crippen LogP contribution in [0.5, 0.6) is 5.75 Å². The van der Waals surface area contributed by atoms with Crippen LogP contribution in [0.25, 0.3) is 0 Å². The molecule has 176 valence electrons. The van der Waals surface area contributed by atoms with E-state index in [9.17, 15) is 0 Å². The van der Waals surface area contributed by atoms with Gasteiger partial charge in [0.15, 0.2) is 0 Å². The lowest BCUT2D eigenvalue weighted by Crippen LogP contribution is -2.18. The maximum Gasteiger partial charge on any atom is 0.143 e. The van der Waals surface area contributed by atoms with E-state index in [-0.39, 0.29) is 4.87 Å². The molecular formula is C29H35Cl2NO. The van der Waals surface area contributed by atoms with E-state index in [2.05, 4.69) is 87.2 Å². The zero-order valence-electron chi connectivity index (χ0n) is 20.4. The molecule has 3 aromatic carbocycles. The minimum Gasteiger partial charge on any atom is -0.495 e. The van der Waals surface area contributed by atoms with Gasteiger partial charge in [0.25, 0.3) is 0 Å². The van der Waals surface area contributed by atoms with Crippen LogP contribution in [-0.4, -0.2) is 7.11 Å². The molecule has 33 heavy (non-hydrogen) atoms. The number of methoxy groups -OCH3 is 1. The first-order valence-electron chi connectivity index (χ1n) is 11.9. The molecule has 0 bridgehead atoms. The van der Waals surface area contributed by atoms with Gasteiger partial charge in [-0.3, -0.25) is 0 Å². The first-order chi connectivity index (χ1) is 15.9. The number of para-hydroxylation sites is 1. The van der Waals surface area contributed by atoms with E-state index in [1.807, 2.05) is 18.2 Å². The summed E-state index contributed by atoms with van der Waals surface area (Å²) in [7, 11) is 1.72. The average Bonchev–Trinajstić information content (AvgIpc) is 2.89. The fourth-order valence-corrected chi connectivity index (χ4v) is 4.61. The van der Waals surface area contributed by atoms with Crippen molar-refractivity contribution in [3.8, 4) is 5.75 Å². The van der Waals surface area contributed by atoms with E-state index >= 15 is 0 Å². The van der Waals surface area contributed by atoms with Gasteiger partial charge >= 0.3 is 0 Å². The Morgan fingerprint density at radius 2 is 1.15 bits per heavy atom. The lowest BCUT2D eigenvalue weighted by Gasteiger charge is -2.30. The standard InChI is InChI=1S/C29H35Cl2NO/c1-6-28(30,7-2)22-15-18-25(19-16-22)32(24-13-11-10-12-14-24)26-20-17-23(21-27(26)33-5)29(31,8-3)9-4/h10-21H,6-9H2,1-5H3. The molecular weight excluding hydrogens is 449 g/mol. The largest absolute Gasteiger partial charge is 0.495 e. The van der Waals surface area contributed by atoms with Crippen molar-refractivity contribution >= 4 is 40.3 Å². The van der Waals surface area contributed by atoms with Crippen molar-refractivity contribution in [3.05, 3.63) is 83.9 Å². The van der Waals surface area contributed by atoms with Crippen molar-refractivity contribution in [1.82, 2.24) is 0 Å². The van der Waals surface area contributed by atoms with Crippen LogP contribution in [0.15, 0.2) is 72.8 Å². The van der Waals surface area contributed by atoms with Crippen LogP contribution < -0.4 is 9.64 Å². The normalized spacial score (nSPS) is 12.0. The van der Waals surface area contributed by atoms with Crippen LogP contribution in [0.3, 0.4) is 0 Å². The molecule has 0 aliphatic heterocycles. The second kappa shape index (κ2) is 10.8. The van der Waals surface area contributed by atoms with Crippen LogP contribution in [0.4, 0.5) is 17.1 Å². The molecule has 3 rings (SSSR count). The summed E-state index contributed by atoms with van der Waals surface area (Å²) in [6.07, 6.45) is 3.48. The van der Waals surface area contributed by atoms with E-state index in [0.29, 0.717) is 0 Å². The topological polar surface area (TPSA) is 12.5 Å². The molecule has 0 aliphatic rings. The summed E-state index contributed by atoms with van der Waals surface area (Å²) in [5.74, 6) is 0.793. The molecule has 0 spiro atoms. The molecule has 0 heterocycles. The number of hydrogen-bond acceptors (Lipinski definition) is 2. The third-order valence-corrected chi connectivity index (χ3v) is 8.34. The number of nitrogens with zero attached hydrogens (tertiary/aromatic N) is 1. The summed E-state index contributed by atoms with van der Waals surface area (Å²) in [6.45, 7) is 8.52. The Bertz CT molecular complexity index is 1030. The smallest absolute Gasteiger partial charge is 0.143 e. The number of alkyl halides is 2. The molecule has 0 atom stereocenters. The van der Waals surface area contributed by atoms with Gasteiger partial charge in [0, 0.05) is 11.4 Å². The molecule has 0 fully saturated rings. The van der Waals surface area contributed by atoms with Gasteiger partial charge in [0.1, 0.15) is 5.75 Å². The molecule has 2 nitrogen and oxygen atoms in total. The zero-order chi connectivity index (χ0) is 24.1. The van der Waals surface area contributed by atoms with Crippen LogP contribution in [0.2, 0.25) is 0 Å². The molecule has 4 heteroatoms. The van der Waals surface area contributed by atoms with E-state index in [1.165, 1.54) is 0 Å². The summed E-state index contributed by atoms with van der Waals surface area (Å²) in [5, 5.41) is 0. The highest BCUT2D eigenvalue weighted by Crippen LogP contribution is 2.45. The Kier molecular flexibility index (Phi) is 8.37. The third-order valence-electron chi connectivity index (χ3n) is 6.84. The minimum atomic E-state index is -0.394. The summed E-state index contributed by atoms with van der Waals surface area (Å²) < 4.78 is 5.89. The summed E-state index contributed by atoms with van der Waals surface area (Å²) in [4.78, 5) is 1.49. The van der Waals surface area contributed by atoms with Gasteiger partial charge in [-0.2, -0.15) is 0 Å². The summed E-state index contributed by atoms with van der Waals surface area (Å²) in [5.41, 5.74) is 5.30. The lowest BCUT2D eigenvalue weighted by molar-refractivity contribution is 0.414. The Morgan fingerprint density at radius 1 is 0.667 bits per heavy atom. The molecule has 0 aliphatic carbocycles. The van der Waals surface area contributed by atoms with Crippen molar-refractivity contribution in [2.75, 3.05) is 12.0 Å². The predicted octanol–water partition coefficient (Wildman–Crippen LogP) is 9.67. The van der Waals surface area contributed by atoms with Crippen LogP contribution in [0.1, 0.15) is 64.5 Å². The predicted molar refractivity (Wildman–Crippen MR) is 144 cm³/mol. The van der Waals surface area contributed by atoms with Gasteiger partial charge in [0.2, 0.25) is 0 Å². The number of halogens is 2. The van der Waals surface area contributed by atoms with Crippen molar-refractivity contribution in [2.24, 2.45) is 0 Å². The van der Waals surface area contributed by atoms with Gasteiger partial charge < -0.3 is 9.64 Å². The van der Waals surface area contributed by atoms with Gasteiger partial charge in [-0.05, 0) is 73.2 Å². The number of hydrogen-bond donors (Lipinski definition) is 0. The first-order valence-corrected chi connectivity index (χ1v) is 12.6. The molecule has 0 aromatic heterocycles. The van der Waals surface area contributed by atoms with Crippen molar-refractivity contribution in [3.63, 3.8) is 0 Å². The van der Waals surface area contributed by atoms with Gasteiger partial charge in [-0.1, -0.05) is 64.1 Å². The Morgan fingerprint density at radius 3 is 1.67 bits per heavy atom. The lowest BCUT2D eigenvalue weighted by atomic mass is 9.92. The van der Waals surface area contributed by atoms with Crippen LogP contribution in [-0.2, 0) is 9.75 Å². The minimum absolute atomic E-state index is 0.334. The van der Waals surface area contributed by atoms with Crippen molar-refractivity contribution in [1.29, 1.82) is 0 Å². The molecule has 0 saturated carbocycles. The van der Waals surface area contributed by atoms with E-state index in [0.717, 1.165) is 59.6 Å². The summed E-state index contributed by atoms with van der Waals surface area (Å²) >= 11 is 13.8. The Balaban J connectivity index is 2.14. The monoisotopic (exact) mass is 483 g/mol. The fourth-order valence-electron chi connectivity index (χ4n) is 4.37. The molecule has 0 amide bonds. The highest BCUT2D eigenvalue weighted by molar-refractivity contribution is 6.24. The molecule has 0 unspecified atom stereocenters. The summed E-state index contributed by atoms with van der Waals surface area (Å²) in [6, 6.07) is 25.2. The fraction of sp³-hybridized carbons (Fsp3) is 0.379. The van der Waals surface area contributed by atoms with Crippen LogP contribution in [0, 0.1) is 0 Å². The van der Waals surface area contributed by atoms with Gasteiger partial charge in [-0.25, -0.2) is 0 Å². The number of anilines is 3. The second-order valence-electron chi connectivity index (χ2n) is 8.45. The van der Waals surface area contributed by atoms with Crippen molar-refractivity contribution in [2.45, 2.75) is 63.1 Å². The van der Waals surface area contributed by atoms with E-state index in [4.69, 9.17) is 27.9 Å².